The average Bonchev–Trinajstić information content (AvgIpc) is 2.69. The van der Waals surface area contributed by atoms with Crippen LogP contribution in [0.3, 0.4) is 0 Å². The first-order chi connectivity index (χ1) is 14.1. The first-order valence-corrected chi connectivity index (χ1v) is 10.1. The number of carbonyl (C=O) groups excluding carboxylic acids is 1. The van der Waals surface area contributed by atoms with Crippen molar-refractivity contribution >= 4 is 11.9 Å². The maximum Gasteiger partial charge on any atom is 0.307 e. The molecular formula is C23H28N2O4. The maximum atomic E-state index is 12.4. The molecular weight excluding hydrogens is 368 g/mol. The van der Waals surface area contributed by atoms with E-state index >= 15 is 0 Å². The molecule has 1 heterocycles. The Morgan fingerprint density at radius 1 is 1.03 bits per heavy atom. The minimum atomic E-state index is -0.865. The summed E-state index contributed by atoms with van der Waals surface area (Å²) in [4.78, 5) is 25.6. The fourth-order valence-corrected chi connectivity index (χ4v) is 3.50. The molecule has 0 fully saturated rings. The fourth-order valence-electron chi connectivity index (χ4n) is 3.50. The van der Waals surface area contributed by atoms with Crippen molar-refractivity contribution in [2.75, 3.05) is 19.7 Å². The quantitative estimate of drug-likeness (QED) is 0.831. The van der Waals surface area contributed by atoms with E-state index in [1.54, 1.807) is 6.07 Å². The third kappa shape index (κ3) is 6.91. The van der Waals surface area contributed by atoms with Crippen molar-refractivity contribution in [2.45, 2.75) is 38.8 Å². The molecule has 0 atom stereocenters. The van der Waals surface area contributed by atoms with Gasteiger partial charge in [0.05, 0.1) is 19.6 Å². The number of nitrogens with one attached hydrogen (secondary N) is 1. The summed E-state index contributed by atoms with van der Waals surface area (Å²) in [7, 11) is 0. The van der Waals surface area contributed by atoms with Gasteiger partial charge in [-0.3, -0.25) is 14.5 Å². The van der Waals surface area contributed by atoms with Gasteiger partial charge in [0.2, 0.25) is 5.91 Å². The number of carbonyl (C=O) groups is 2. The standard InChI is InChI=1S/C23H28N2O4/c26-22-17-25(15-18-7-3-1-4-8-18)16-20-13-19(14-23(27)28)9-10-21(20)29-12-6-2-5-11-24-22/h1,3-4,7-10,13H,2,5-6,11-12,14-17H2,(H,24,26)(H,27,28). The van der Waals surface area contributed by atoms with Gasteiger partial charge in [0.15, 0.2) is 0 Å². The lowest BCUT2D eigenvalue weighted by Gasteiger charge is -2.23. The van der Waals surface area contributed by atoms with Crippen molar-refractivity contribution in [3.05, 3.63) is 65.2 Å². The van der Waals surface area contributed by atoms with Crippen molar-refractivity contribution in [1.29, 1.82) is 0 Å². The lowest BCUT2D eigenvalue weighted by atomic mass is 10.1. The van der Waals surface area contributed by atoms with E-state index < -0.39 is 5.97 Å². The molecule has 1 amide bonds. The second-order valence-corrected chi connectivity index (χ2v) is 7.40. The van der Waals surface area contributed by atoms with Crippen molar-refractivity contribution in [3.63, 3.8) is 0 Å². The number of benzene rings is 2. The van der Waals surface area contributed by atoms with Crippen LogP contribution < -0.4 is 10.1 Å². The highest BCUT2D eigenvalue weighted by molar-refractivity contribution is 5.78. The number of rotatable bonds is 4. The van der Waals surface area contributed by atoms with Crippen LogP contribution >= 0.6 is 0 Å². The van der Waals surface area contributed by atoms with Gasteiger partial charge in [-0.05, 0) is 36.5 Å². The summed E-state index contributed by atoms with van der Waals surface area (Å²) in [5.74, 6) is -0.0998. The van der Waals surface area contributed by atoms with Crippen molar-refractivity contribution < 1.29 is 19.4 Å². The first kappa shape index (κ1) is 20.9. The number of fused-ring (bicyclic) bond motifs is 1. The molecule has 0 aliphatic carbocycles. The molecule has 154 valence electrons. The minimum absolute atomic E-state index is 0.00402. The second kappa shape index (κ2) is 10.6. The number of nitrogens with zero attached hydrogens (tertiary/aromatic N) is 1. The zero-order valence-electron chi connectivity index (χ0n) is 16.6. The predicted octanol–water partition coefficient (Wildman–Crippen LogP) is 2.99. The van der Waals surface area contributed by atoms with Gasteiger partial charge >= 0.3 is 5.97 Å². The minimum Gasteiger partial charge on any atom is -0.493 e. The van der Waals surface area contributed by atoms with Crippen molar-refractivity contribution in [1.82, 2.24) is 10.2 Å². The third-order valence-electron chi connectivity index (χ3n) is 4.89. The van der Waals surface area contributed by atoms with Crippen molar-refractivity contribution in [3.8, 4) is 5.75 Å². The van der Waals surface area contributed by atoms with Gasteiger partial charge in [-0.1, -0.05) is 42.5 Å². The molecule has 1 aliphatic heterocycles. The van der Waals surface area contributed by atoms with Crippen LogP contribution in [0.15, 0.2) is 48.5 Å². The summed E-state index contributed by atoms with van der Waals surface area (Å²) in [6, 6.07) is 15.6. The smallest absolute Gasteiger partial charge is 0.307 e. The highest BCUT2D eigenvalue weighted by atomic mass is 16.5. The van der Waals surface area contributed by atoms with Gasteiger partial charge in [0, 0.05) is 25.2 Å². The Bertz CT molecular complexity index is 823. The second-order valence-electron chi connectivity index (χ2n) is 7.40. The van der Waals surface area contributed by atoms with Crippen LogP contribution in [0.5, 0.6) is 5.75 Å². The van der Waals surface area contributed by atoms with E-state index in [4.69, 9.17) is 9.84 Å². The van der Waals surface area contributed by atoms with Gasteiger partial charge in [-0.25, -0.2) is 0 Å². The lowest BCUT2D eigenvalue weighted by molar-refractivity contribution is -0.136. The summed E-state index contributed by atoms with van der Waals surface area (Å²) in [6.45, 7) is 2.69. The van der Waals surface area contributed by atoms with Crippen LogP contribution in [0.25, 0.3) is 0 Å². The number of hydrogen-bond acceptors (Lipinski definition) is 4. The van der Waals surface area contributed by atoms with Crippen LogP contribution in [-0.2, 0) is 29.1 Å². The van der Waals surface area contributed by atoms with Gasteiger partial charge in [0.1, 0.15) is 5.75 Å². The summed E-state index contributed by atoms with van der Waals surface area (Å²) in [6.07, 6.45) is 2.80. The van der Waals surface area contributed by atoms with E-state index in [2.05, 4.69) is 10.2 Å². The molecule has 0 unspecified atom stereocenters. The van der Waals surface area contributed by atoms with Gasteiger partial charge < -0.3 is 15.2 Å². The number of carboxylic acids is 1. The molecule has 2 N–H and O–H groups in total. The van der Waals surface area contributed by atoms with E-state index in [9.17, 15) is 9.59 Å². The Kier molecular flexibility index (Phi) is 7.64. The summed E-state index contributed by atoms with van der Waals surface area (Å²) < 4.78 is 6.01. The molecule has 6 nitrogen and oxygen atoms in total. The Morgan fingerprint density at radius 3 is 2.66 bits per heavy atom. The fraction of sp³-hybridized carbons (Fsp3) is 0.391. The predicted molar refractivity (Wildman–Crippen MR) is 111 cm³/mol. The zero-order chi connectivity index (χ0) is 20.5. The number of carboxylic acid groups (broad SMARTS) is 1. The molecule has 0 spiro atoms. The van der Waals surface area contributed by atoms with E-state index in [1.807, 2.05) is 42.5 Å². The molecule has 2 aromatic carbocycles. The van der Waals surface area contributed by atoms with Crippen LogP contribution in [0.1, 0.15) is 36.0 Å². The summed E-state index contributed by atoms with van der Waals surface area (Å²) in [5.41, 5.74) is 2.76. The molecule has 0 saturated carbocycles. The van der Waals surface area contributed by atoms with Gasteiger partial charge in [-0.2, -0.15) is 0 Å². The van der Waals surface area contributed by atoms with E-state index in [1.165, 1.54) is 0 Å². The van der Waals surface area contributed by atoms with Crippen LogP contribution in [0, 0.1) is 0 Å². The summed E-state index contributed by atoms with van der Waals surface area (Å²) >= 11 is 0. The number of ether oxygens (including phenoxy) is 1. The average molecular weight is 396 g/mol. The monoisotopic (exact) mass is 396 g/mol. The molecule has 6 heteroatoms. The number of amides is 1. The first-order valence-electron chi connectivity index (χ1n) is 10.1. The molecule has 1 aliphatic rings. The Hall–Kier alpha value is -2.86. The van der Waals surface area contributed by atoms with Crippen LogP contribution in [0.2, 0.25) is 0 Å². The molecule has 3 rings (SSSR count). The molecule has 0 bridgehead atoms. The normalized spacial score (nSPS) is 16.3. The third-order valence-corrected chi connectivity index (χ3v) is 4.89. The highest BCUT2D eigenvalue weighted by Gasteiger charge is 2.16. The topological polar surface area (TPSA) is 78.9 Å². The Morgan fingerprint density at radius 2 is 1.86 bits per heavy atom. The van der Waals surface area contributed by atoms with Crippen molar-refractivity contribution in [2.24, 2.45) is 0 Å². The molecule has 0 radical (unpaired) electrons. The zero-order valence-corrected chi connectivity index (χ0v) is 16.6. The molecule has 2 aromatic rings. The molecule has 0 aromatic heterocycles. The van der Waals surface area contributed by atoms with Crippen LogP contribution in [0.4, 0.5) is 0 Å². The van der Waals surface area contributed by atoms with E-state index in [0.717, 1.165) is 41.7 Å². The van der Waals surface area contributed by atoms with Gasteiger partial charge in [-0.15, -0.1) is 0 Å². The Labute approximate surface area is 171 Å². The number of aliphatic carboxylic acids is 1. The maximum absolute atomic E-state index is 12.4. The SMILES string of the molecule is O=C(O)Cc1ccc2c(c1)CN(Cc1ccccc1)CC(=O)NCCCCCO2. The van der Waals surface area contributed by atoms with Crippen LogP contribution in [-0.4, -0.2) is 41.6 Å². The van der Waals surface area contributed by atoms with E-state index in [-0.39, 0.29) is 18.9 Å². The molecule has 0 saturated heterocycles. The largest absolute Gasteiger partial charge is 0.493 e. The van der Waals surface area contributed by atoms with E-state index in [0.29, 0.717) is 26.2 Å². The number of hydrogen-bond donors (Lipinski definition) is 2. The molecule has 29 heavy (non-hydrogen) atoms. The summed E-state index contributed by atoms with van der Waals surface area (Å²) in [5, 5.41) is 12.1. The highest BCUT2D eigenvalue weighted by Crippen LogP contribution is 2.24. The van der Waals surface area contributed by atoms with Gasteiger partial charge in [0.25, 0.3) is 0 Å². The Balaban J connectivity index is 1.87. The lowest BCUT2D eigenvalue weighted by Crippen LogP contribution is -2.37.